The first-order chi connectivity index (χ1) is 10.6. The number of azide groups is 1. The van der Waals surface area contributed by atoms with Gasteiger partial charge in [-0.2, -0.15) is 0 Å². The van der Waals surface area contributed by atoms with E-state index in [4.69, 9.17) is 15.0 Å². The molecule has 1 aromatic carbocycles. The van der Waals surface area contributed by atoms with Crippen molar-refractivity contribution in [2.45, 2.75) is 38.8 Å². The maximum Gasteiger partial charge on any atom is 0.319 e. The Hall–Kier alpha value is -2.53. The zero-order chi connectivity index (χ0) is 16.4. The fourth-order valence-electron chi connectivity index (χ4n) is 1.88. The zero-order valence-electron chi connectivity index (χ0n) is 12.6. The summed E-state index contributed by atoms with van der Waals surface area (Å²) in [5.74, 6) is -1.18. The third-order valence-corrected chi connectivity index (χ3v) is 2.83. The van der Waals surface area contributed by atoms with E-state index in [-0.39, 0.29) is 13.0 Å². The minimum atomic E-state index is -1.26. The fraction of sp³-hybridized carbons (Fsp3) is 0.467. The van der Waals surface area contributed by atoms with Crippen molar-refractivity contribution in [2.24, 2.45) is 5.11 Å². The predicted molar refractivity (Wildman–Crippen MR) is 79.8 cm³/mol. The highest BCUT2D eigenvalue weighted by Crippen LogP contribution is 2.25. The van der Waals surface area contributed by atoms with Gasteiger partial charge in [-0.25, -0.2) is 0 Å². The van der Waals surface area contributed by atoms with Gasteiger partial charge in [0.2, 0.25) is 0 Å². The lowest BCUT2D eigenvalue weighted by Crippen LogP contribution is -2.31. The standard InChI is InChI=1S/C15H19N3O4/c1-3-8-12(19)22-14(11-9-6-5-7-10-11)13(17-18-16)15(20)21-4-2/h5-7,9-10,13-14H,3-4,8H2,1-2H3/t13-,14+/m0/s1. The Morgan fingerprint density at radius 2 is 1.95 bits per heavy atom. The van der Waals surface area contributed by atoms with Crippen LogP contribution in [0.4, 0.5) is 0 Å². The van der Waals surface area contributed by atoms with Crippen LogP contribution in [0, 0.1) is 0 Å². The van der Waals surface area contributed by atoms with E-state index in [2.05, 4.69) is 10.0 Å². The second kappa shape index (κ2) is 9.41. The van der Waals surface area contributed by atoms with E-state index in [0.717, 1.165) is 0 Å². The molecule has 0 saturated carbocycles. The van der Waals surface area contributed by atoms with Crippen molar-refractivity contribution in [2.75, 3.05) is 6.61 Å². The molecule has 1 aromatic rings. The Kier molecular flexibility index (Phi) is 7.50. The van der Waals surface area contributed by atoms with Crippen LogP contribution in [0.1, 0.15) is 38.4 Å². The topological polar surface area (TPSA) is 101 Å². The van der Waals surface area contributed by atoms with E-state index < -0.39 is 24.1 Å². The number of esters is 2. The molecular formula is C15H19N3O4. The molecule has 0 saturated heterocycles. The molecule has 0 unspecified atom stereocenters. The van der Waals surface area contributed by atoms with Crippen molar-refractivity contribution in [3.8, 4) is 0 Å². The first kappa shape index (κ1) is 17.5. The molecule has 0 radical (unpaired) electrons. The van der Waals surface area contributed by atoms with Gasteiger partial charge >= 0.3 is 11.9 Å². The highest BCUT2D eigenvalue weighted by molar-refractivity contribution is 5.78. The van der Waals surface area contributed by atoms with Gasteiger partial charge in [-0.15, -0.1) is 0 Å². The molecule has 7 nitrogen and oxygen atoms in total. The Labute approximate surface area is 128 Å². The van der Waals surface area contributed by atoms with Gasteiger partial charge in [0.15, 0.2) is 6.04 Å². The van der Waals surface area contributed by atoms with Crippen LogP contribution in [0.15, 0.2) is 35.4 Å². The van der Waals surface area contributed by atoms with Gasteiger partial charge in [0, 0.05) is 11.3 Å². The molecular weight excluding hydrogens is 286 g/mol. The van der Waals surface area contributed by atoms with Crippen LogP contribution in [0.3, 0.4) is 0 Å². The zero-order valence-corrected chi connectivity index (χ0v) is 12.6. The van der Waals surface area contributed by atoms with Gasteiger partial charge in [-0.05, 0) is 24.4 Å². The maximum absolute atomic E-state index is 12.0. The molecule has 0 N–H and O–H groups in total. The lowest BCUT2D eigenvalue weighted by atomic mass is 10.0. The first-order valence-electron chi connectivity index (χ1n) is 7.09. The normalized spacial score (nSPS) is 12.6. The van der Waals surface area contributed by atoms with Crippen LogP contribution in [-0.2, 0) is 19.1 Å². The summed E-state index contributed by atoms with van der Waals surface area (Å²) in [7, 11) is 0. The van der Waals surface area contributed by atoms with Crippen LogP contribution in [0.2, 0.25) is 0 Å². The number of nitrogens with zero attached hydrogens (tertiary/aromatic N) is 3. The van der Waals surface area contributed by atoms with Crippen LogP contribution < -0.4 is 0 Å². The summed E-state index contributed by atoms with van der Waals surface area (Å²) in [6.45, 7) is 3.63. The Morgan fingerprint density at radius 3 is 2.50 bits per heavy atom. The molecule has 2 atom stereocenters. The number of benzene rings is 1. The number of carbonyl (C=O) groups excluding carboxylic acids is 2. The lowest BCUT2D eigenvalue weighted by Gasteiger charge is -2.22. The molecule has 0 spiro atoms. The summed E-state index contributed by atoms with van der Waals surface area (Å²) in [5.41, 5.74) is 9.26. The van der Waals surface area contributed by atoms with Crippen LogP contribution in [-0.4, -0.2) is 24.6 Å². The summed E-state index contributed by atoms with van der Waals surface area (Å²) >= 11 is 0. The number of ether oxygens (including phenoxy) is 2. The second-order valence-corrected chi connectivity index (χ2v) is 4.47. The average Bonchev–Trinajstić information content (AvgIpc) is 2.52. The molecule has 0 aromatic heterocycles. The van der Waals surface area contributed by atoms with Gasteiger partial charge < -0.3 is 9.47 Å². The van der Waals surface area contributed by atoms with Crippen molar-refractivity contribution in [3.63, 3.8) is 0 Å². The van der Waals surface area contributed by atoms with Crippen LogP contribution in [0.25, 0.3) is 10.4 Å². The molecule has 0 bridgehead atoms. The third kappa shape index (κ3) is 5.10. The van der Waals surface area contributed by atoms with Gasteiger partial charge in [-0.3, -0.25) is 9.59 Å². The Morgan fingerprint density at radius 1 is 1.27 bits per heavy atom. The molecule has 0 fully saturated rings. The van der Waals surface area contributed by atoms with E-state index in [9.17, 15) is 9.59 Å². The minimum absolute atomic E-state index is 0.140. The molecule has 22 heavy (non-hydrogen) atoms. The van der Waals surface area contributed by atoms with Crippen LogP contribution in [0.5, 0.6) is 0 Å². The van der Waals surface area contributed by atoms with E-state index in [0.29, 0.717) is 12.0 Å². The van der Waals surface area contributed by atoms with E-state index in [1.54, 1.807) is 37.3 Å². The monoisotopic (exact) mass is 305 g/mol. The summed E-state index contributed by atoms with van der Waals surface area (Å²) < 4.78 is 10.3. The summed E-state index contributed by atoms with van der Waals surface area (Å²) in [4.78, 5) is 26.5. The lowest BCUT2D eigenvalue weighted by molar-refractivity contribution is -0.157. The first-order valence-corrected chi connectivity index (χ1v) is 7.09. The Bertz CT molecular complexity index is 541. The maximum atomic E-state index is 12.0. The molecule has 1 rings (SSSR count). The van der Waals surface area contributed by atoms with E-state index >= 15 is 0 Å². The highest BCUT2D eigenvalue weighted by atomic mass is 16.6. The van der Waals surface area contributed by atoms with Crippen molar-refractivity contribution in [1.82, 2.24) is 0 Å². The molecule has 7 heteroatoms. The van der Waals surface area contributed by atoms with Gasteiger partial charge in [0.25, 0.3) is 0 Å². The highest BCUT2D eigenvalue weighted by Gasteiger charge is 2.33. The minimum Gasteiger partial charge on any atom is -0.466 e. The van der Waals surface area contributed by atoms with Crippen molar-refractivity contribution >= 4 is 11.9 Å². The third-order valence-electron chi connectivity index (χ3n) is 2.83. The average molecular weight is 305 g/mol. The van der Waals surface area contributed by atoms with E-state index in [1.165, 1.54) is 0 Å². The van der Waals surface area contributed by atoms with Crippen molar-refractivity contribution < 1.29 is 19.1 Å². The number of carbonyl (C=O) groups is 2. The number of rotatable bonds is 8. The summed E-state index contributed by atoms with van der Waals surface area (Å²) in [5, 5.41) is 3.46. The molecule has 0 aliphatic heterocycles. The van der Waals surface area contributed by atoms with Crippen molar-refractivity contribution in [1.29, 1.82) is 0 Å². The van der Waals surface area contributed by atoms with Gasteiger partial charge in [-0.1, -0.05) is 42.4 Å². The SMILES string of the molecule is CCCC(=O)O[C@H](c1ccccc1)[C@H](N=[N+]=[N-])C(=O)OCC. The predicted octanol–water partition coefficient (Wildman–Crippen LogP) is 3.31. The molecule has 0 aliphatic rings. The quantitative estimate of drug-likeness (QED) is 0.318. The fourth-order valence-corrected chi connectivity index (χ4v) is 1.88. The number of hydrogen-bond donors (Lipinski definition) is 0. The van der Waals surface area contributed by atoms with Crippen LogP contribution >= 0.6 is 0 Å². The smallest absolute Gasteiger partial charge is 0.319 e. The molecule has 0 aliphatic carbocycles. The Balaban J connectivity index is 3.12. The van der Waals surface area contributed by atoms with Gasteiger partial charge in [0.1, 0.15) is 6.10 Å². The molecule has 0 heterocycles. The largest absolute Gasteiger partial charge is 0.466 e. The van der Waals surface area contributed by atoms with E-state index in [1.807, 2.05) is 6.92 Å². The van der Waals surface area contributed by atoms with Crippen molar-refractivity contribution in [3.05, 3.63) is 46.3 Å². The summed E-state index contributed by atoms with van der Waals surface area (Å²) in [6, 6.07) is 7.42. The molecule has 0 amide bonds. The number of hydrogen-bond acceptors (Lipinski definition) is 5. The second-order valence-electron chi connectivity index (χ2n) is 4.47. The molecule has 118 valence electrons. The van der Waals surface area contributed by atoms with Gasteiger partial charge in [0.05, 0.1) is 6.61 Å². The summed E-state index contributed by atoms with van der Waals surface area (Å²) in [6.07, 6.45) is -0.170.